The lowest BCUT2D eigenvalue weighted by atomic mass is 9.95. The van der Waals surface area contributed by atoms with Gasteiger partial charge < -0.3 is 10.8 Å². The van der Waals surface area contributed by atoms with Crippen molar-refractivity contribution in [3.63, 3.8) is 0 Å². The molecule has 0 aromatic carbocycles. The first-order valence-electron chi connectivity index (χ1n) is 4.41. The lowest BCUT2D eigenvalue weighted by Gasteiger charge is -2.15. The van der Waals surface area contributed by atoms with Gasteiger partial charge in [0.05, 0.1) is 0 Å². The number of carboxylic acid groups (broad SMARTS) is 1. The number of hydrogen-bond donors (Lipinski definition) is 2. The van der Waals surface area contributed by atoms with Crippen LogP contribution in [0.2, 0.25) is 0 Å². The summed E-state index contributed by atoms with van der Waals surface area (Å²) in [6.07, 6.45) is 0. The normalized spacial score (nSPS) is 13.1. The van der Waals surface area contributed by atoms with Crippen LogP contribution in [0.4, 0.5) is 0 Å². The molecule has 0 spiro atoms. The third-order valence-corrected chi connectivity index (χ3v) is 3.53. The number of aliphatic carboxylic acids is 1. The first-order valence-corrected chi connectivity index (χ1v) is 5.22. The van der Waals surface area contributed by atoms with Gasteiger partial charge in [-0.2, -0.15) is 0 Å². The van der Waals surface area contributed by atoms with E-state index < -0.39 is 12.0 Å². The van der Waals surface area contributed by atoms with Crippen molar-refractivity contribution in [3.8, 4) is 0 Å². The Hall–Kier alpha value is -0.580. The maximum Gasteiger partial charge on any atom is 0.325 e. The van der Waals surface area contributed by atoms with E-state index in [4.69, 9.17) is 10.8 Å². The SMILES string of the molecule is CC(C)(C)c1ccc(C(N)C(=O)O)s1.Cl. The predicted octanol–water partition coefficient (Wildman–Crippen LogP) is 2.55. The molecule has 1 rings (SSSR count). The van der Waals surface area contributed by atoms with Gasteiger partial charge in [0, 0.05) is 9.75 Å². The molecule has 0 saturated carbocycles. The fraction of sp³-hybridized carbons (Fsp3) is 0.500. The Labute approximate surface area is 99.7 Å². The molecule has 0 fully saturated rings. The van der Waals surface area contributed by atoms with Gasteiger partial charge in [0.1, 0.15) is 6.04 Å². The summed E-state index contributed by atoms with van der Waals surface area (Å²) in [5, 5.41) is 8.73. The van der Waals surface area contributed by atoms with E-state index in [2.05, 4.69) is 20.8 Å². The quantitative estimate of drug-likeness (QED) is 0.847. The summed E-state index contributed by atoms with van der Waals surface area (Å²) in [5.41, 5.74) is 5.56. The van der Waals surface area contributed by atoms with E-state index in [9.17, 15) is 4.79 Å². The van der Waals surface area contributed by atoms with Gasteiger partial charge in [-0.25, -0.2) is 0 Å². The molecular formula is C10H16ClNO2S. The van der Waals surface area contributed by atoms with E-state index >= 15 is 0 Å². The average Bonchev–Trinajstić information content (AvgIpc) is 2.49. The smallest absolute Gasteiger partial charge is 0.325 e. The molecule has 1 heterocycles. The summed E-state index contributed by atoms with van der Waals surface area (Å²) < 4.78 is 0. The summed E-state index contributed by atoms with van der Waals surface area (Å²) in [7, 11) is 0. The number of carbonyl (C=O) groups is 1. The Bertz CT molecular complexity index is 343. The van der Waals surface area contributed by atoms with Gasteiger partial charge in [-0.15, -0.1) is 23.7 Å². The highest BCUT2D eigenvalue weighted by molar-refractivity contribution is 7.12. The van der Waals surface area contributed by atoms with E-state index in [-0.39, 0.29) is 17.8 Å². The second-order valence-electron chi connectivity index (χ2n) is 4.27. The Kier molecular flexibility index (Phi) is 4.77. The molecule has 86 valence electrons. The number of rotatable bonds is 2. The largest absolute Gasteiger partial charge is 0.480 e. The molecule has 1 aromatic heterocycles. The Balaban J connectivity index is 0.00000196. The van der Waals surface area contributed by atoms with Crippen molar-refractivity contribution in [1.29, 1.82) is 0 Å². The summed E-state index contributed by atoms with van der Waals surface area (Å²) in [6, 6.07) is 2.85. The van der Waals surface area contributed by atoms with Crippen LogP contribution in [0.15, 0.2) is 12.1 Å². The third-order valence-electron chi connectivity index (χ3n) is 1.94. The second-order valence-corrected chi connectivity index (χ2v) is 5.38. The van der Waals surface area contributed by atoms with Crippen molar-refractivity contribution in [2.45, 2.75) is 32.2 Å². The molecular weight excluding hydrogens is 234 g/mol. The zero-order valence-electron chi connectivity index (χ0n) is 8.98. The van der Waals surface area contributed by atoms with Crippen molar-refractivity contribution in [2.75, 3.05) is 0 Å². The van der Waals surface area contributed by atoms with Gasteiger partial charge in [-0.1, -0.05) is 20.8 Å². The topological polar surface area (TPSA) is 63.3 Å². The lowest BCUT2D eigenvalue weighted by molar-refractivity contribution is -0.138. The van der Waals surface area contributed by atoms with Crippen LogP contribution < -0.4 is 5.73 Å². The van der Waals surface area contributed by atoms with E-state index in [0.29, 0.717) is 4.88 Å². The van der Waals surface area contributed by atoms with Crippen molar-refractivity contribution in [1.82, 2.24) is 0 Å². The molecule has 0 radical (unpaired) electrons. The van der Waals surface area contributed by atoms with Crippen LogP contribution in [0.1, 0.15) is 36.6 Å². The van der Waals surface area contributed by atoms with E-state index in [0.717, 1.165) is 4.88 Å². The molecule has 0 bridgehead atoms. The summed E-state index contributed by atoms with van der Waals surface area (Å²) in [6.45, 7) is 6.28. The Morgan fingerprint density at radius 3 is 2.33 bits per heavy atom. The van der Waals surface area contributed by atoms with Gasteiger partial charge in [0.2, 0.25) is 0 Å². The van der Waals surface area contributed by atoms with Gasteiger partial charge in [-0.3, -0.25) is 4.79 Å². The molecule has 15 heavy (non-hydrogen) atoms. The first-order chi connectivity index (χ1) is 6.32. The Morgan fingerprint density at radius 2 is 2.00 bits per heavy atom. The summed E-state index contributed by atoms with van der Waals surface area (Å²) in [4.78, 5) is 12.5. The molecule has 1 atom stereocenters. The maximum absolute atomic E-state index is 10.6. The lowest BCUT2D eigenvalue weighted by Crippen LogP contribution is -2.19. The van der Waals surface area contributed by atoms with E-state index in [1.807, 2.05) is 6.07 Å². The summed E-state index contributed by atoms with van der Waals surface area (Å²) in [5.74, 6) is -0.979. The minimum atomic E-state index is -0.979. The standard InChI is InChI=1S/C10H15NO2S.ClH/c1-10(2,3)7-5-4-6(14-7)8(11)9(12)13;/h4-5,8H,11H2,1-3H3,(H,12,13);1H. The van der Waals surface area contributed by atoms with Crippen molar-refractivity contribution >= 4 is 29.7 Å². The first kappa shape index (κ1) is 14.4. The molecule has 1 aromatic rings. The molecule has 1 unspecified atom stereocenters. The molecule has 0 saturated heterocycles. The van der Waals surface area contributed by atoms with Crippen molar-refractivity contribution < 1.29 is 9.90 Å². The minimum absolute atomic E-state index is 0. The van der Waals surface area contributed by atoms with Gasteiger partial charge >= 0.3 is 5.97 Å². The molecule has 3 N–H and O–H groups in total. The molecule has 3 nitrogen and oxygen atoms in total. The number of nitrogens with two attached hydrogens (primary N) is 1. The zero-order chi connectivity index (χ0) is 10.9. The van der Waals surface area contributed by atoms with Crippen LogP contribution >= 0.6 is 23.7 Å². The maximum atomic E-state index is 10.6. The fourth-order valence-electron chi connectivity index (χ4n) is 1.04. The van der Waals surface area contributed by atoms with Crippen LogP contribution in [0.5, 0.6) is 0 Å². The van der Waals surface area contributed by atoms with Crippen LogP contribution in [-0.2, 0) is 10.2 Å². The monoisotopic (exact) mass is 249 g/mol. The molecule has 0 aliphatic carbocycles. The molecule has 5 heteroatoms. The van der Waals surface area contributed by atoms with Crippen LogP contribution in [-0.4, -0.2) is 11.1 Å². The number of carboxylic acids is 1. The highest BCUT2D eigenvalue weighted by atomic mass is 35.5. The van der Waals surface area contributed by atoms with Crippen molar-refractivity contribution in [3.05, 3.63) is 21.9 Å². The van der Waals surface area contributed by atoms with E-state index in [1.165, 1.54) is 11.3 Å². The van der Waals surface area contributed by atoms with Gasteiger partial charge in [0.25, 0.3) is 0 Å². The Morgan fingerprint density at radius 1 is 1.47 bits per heavy atom. The van der Waals surface area contributed by atoms with Gasteiger partial charge in [-0.05, 0) is 17.5 Å². The van der Waals surface area contributed by atoms with Gasteiger partial charge in [0.15, 0.2) is 0 Å². The van der Waals surface area contributed by atoms with Crippen LogP contribution in [0.25, 0.3) is 0 Å². The predicted molar refractivity (Wildman–Crippen MR) is 64.8 cm³/mol. The highest BCUT2D eigenvalue weighted by Gasteiger charge is 2.21. The minimum Gasteiger partial charge on any atom is -0.480 e. The van der Waals surface area contributed by atoms with Crippen LogP contribution in [0.3, 0.4) is 0 Å². The molecule has 0 aliphatic heterocycles. The van der Waals surface area contributed by atoms with Crippen LogP contribution in [0, 0.1) is 0 Å². The van der Waals surface area contributed by atoms with E-state index in [1.54, 1.807) is 6.07 Å². The summed E-state index contributed by atoms with van der Waals surface area (Å²) >= 11 is 1.47. The third kappa shape index (κ3) is 3.48. The second kappa shape index (κ2) is 4.96. The fourth-order valence-corrected chi connectivity index (χ4v) is 2.10. The molecule has 0 amide bonds. The number of thiophene rings is 1. The zero-order valence-corrected chi connectivity index (χ0v) is 10.6. The highest BCUT2D eigenvalue weighted by Crippen LogP contribution is 2.31. The number of halogens is 1. The average molecular weight is 250 g/mol. The van der Waals surface area contributed by atoms with Crippen molar-refractivity contribution in [2.24, 2.45) is 5.73 Å². The number of hydrogen-bond acceptors (Lipinski definition) is 3. The molecule has 0 aliphatic rings.